The average Bonchev–Trinajstić information content (AvgIpc) is 2.63. The molecule has 1 saturated carbocycles. The summed E-state index contributed by atoms with van der Waals surface area (Å²) in [4.78, 5) is 9.54. The zero-order chi connectivity index (χ0) is 20.8. The summed E-state index contributed by atoms with van der Waals surface area (Å²) in [5.41, 5.74) is 4.86. The molecule has 0 aliphatic heterocycles. The van der Waals surface area contributed by atoms with Crippen LogP contribution in [0.1, 0.15) is 104 Å². The van der Waals surface area contributed by atoms with Gasteiger partial charge >= 0.3 is 0 Å². The van der Waals surface area contributed by atoms with Gasteiger partial charge in [-0.25, -0.2) is 0 Å². The van der Waals surface area contributed by atoms with Crippen LogP contribution >= 0.6 is 0 Å². The highest BCUT2D eigenvalue weighted by Gasteiger charge is 2.42. The molecule has 4 heteroatoms. The van der Waals surface area contributed by atoms with Gasteiger partial charge in [0.2, 0.25) is 0 Å². The van der Waals surface area contributed by atoms with Crippen LogP contribution in [0.15, 0.2) is 24.7 Å². The normalized spacial score (nSPS) is 26.3. The molecule has 0 unspecified atom stereocenters. The standard InChI is InChI=1S/C24H36N4/c1-21(2,3)17-13-18(28-26-14-17)23(7)9-11-24(8,12-10-23)20-16-25-15-19(27-20)22(4,5)6/h13-16H,9-12H2,1-8H3/t23-,24+. The summed E-state index contributed by atoms with van der Waals surface area (Å²) in [6, 6.07) is 2.27. The van der Waals surface area contributed by atoms with Crippen LogP contribution in [0, 0.1) is 0 Å². The van der Waals surface area contributed by atoms with Crippen molar-refractivity contribution in [2.75, 3.05) is 0 Å². The first kappa shape index (κ1) is 20.9. The van der Waals surface area contributed by atoms with Crippen LogP contribution in [0.4, 0.5) is 0 Å². The topological polar surface area (TPSA) is 51.6 Å². The van der Waals surface area contributed by atoms with E-state index >= 15 is 0 Å². The van der Waals surface area contributed by atoms with Gasteiger partial charge in [0.15, 0.2) is 0 Å². The third kappa shape index (κ3) is 4.11. The lowest BCUT2D eigenvalue weighted by atomic mass is 9.62. The molecule has 0 spiro atoms. The second kappa shape index (κ2) is 6.89. The Kier molecular flexibility index (Phi) is 5.14. The predicted octanol–water partition coefficient (Wildman–Crippen LogP) is 5.65. The van der Waals surface area contributed by atoms with E-state index in [-0.39, 0.29) is 21.7 Å². The quantitative estimate of drug-likeness (QED) is 0.675. The summed E-state index contributed by atoms with van der Waals surface area (Å²) in [6.45, 7) is 18.0. The Balaban J connectivity index is 1.84. The summed E-state index contributed by atoms with van der Waals surface area (Å²) in [5.74, 6) is 0. The van der Waals surface area contributed by atoms with E-state index in [2.05, 4.69) is 76.6 Å². The lowest BCUT2D eigenvalue weighted by Gasteiger charge is -2.42. The maximum atomic E-state index is 5.02. The Labute approximate surface area is 170 Å². The molecule has 0 radical (unpaired) electrons. The van der Waals surface area contributed by atoms with Crippen molar-refractivity contribution in [3.05, 3.63) is 47.3 Å². The van der Waals surface area contributed by atoms with Gasteiger partial charge in [-0.15, -0.1) is 0 Å². The first-order chi connectivity index (χ1) is 12.8. The van der Waals surface area contributed by atoms with Gasteiger partial charge in [0.1, 0.15) is 0 Å². The average molecular weight is 381 g/mol. The monoisotopic (exact) mass is 380 g/mol. The molecule has 0 N–H and O–H groups in total. The minimum Gasteiger partial charge on any atom is -0.261 e. The first-order valence-corrected chi connectivity index (χ1v) is 10.5. The van der Waals surface area contributed by atoms with Crippen molar-refractivity contribution in [3.63, 3.8) is 0 Å². The van der Waals surface area contributed by atoms with Crippen LogP contribution in [0.3, 0.4) is 0 Å². The molecule has 3 rings (SSSR count). The predicted molar refractivity (Wildman–Crippen MR) is 115 cm³/mol. The van der Waals surface area contributed by atoms with Gasteiger partial charge in [-0.1, -0.05) is 55.4 Å². The van der Waals surface area contributed by atoms with Crippen molar-refractivity contribution < 1.29 is 0 Å². The second-order valence-corrected chi connectivity index (χ2v) is 11.2. The van der Waals surface area contributed by atoms with Crippen molar-refractivity contribution in [1.29, 1.82) is 0 Å². The molecule has 2 heterocycles. The Bertz CT molecular complexity index is 763. The van der Waals surface area contributed by atoms with Crippen molar-refractivity contribution in [2.45, 2.75) is 103 Å². The molecule has 0 aromatic carbocycles. The summed E-state index contributed by atoms with van der Waals surface area (Å²) < 4.78 is 0. The van der Waals surface area contributed by atoms with Gasteiger partial charge < -0.3 is 0 Å². The van der Waals surface area contributed by atoms with E-state index in [9.17, 15) is 0 Å². The van der Waals surface area contributed by atoms with Crippen molar-refractivity contribution >= 4 is 0 Å². The fourth-order valence-corrected chi connectivity index (χ4v) is 3.96. The Morgan fingerprint density at radius 2 is 1.32 bits per heavy atom. The molecule has 1 aliphatic carbocycles. The van der Waals surface area contributed by atoms with Crippen LogP contribution in [-0.4, -0.2) is 20.2 Å². The third-order valence-electron chi connectivity index (χ3n) is 6.62. The Morgan fingerprint density at radius 3 is 1.86 bits per heavy atom. The van der Waals surface area contributed by atoms with Gasteiger partial charge in [0.25, 0.3) is 0 Å². The second-order valence-electron chi connectivity index (χ2n) is 11.2. The Morgan fingerprint density at radius 1 is 0.750 bits per heavy atom. The Hall–Kier alpha value is -1.84. The third-order valence-corrected chi connectivity index (χ3v) is 6.62. The molecule has 2 aromatic heterocycles. The number of hydrogen-bond acceptors (Lipinski definition) is 4. The van der Waals surface area contributed by atoms with E-state index in [0.717, 1.165) is 42.8 Å². The van der Waals surface area contributed by atoms with Crippen LogP contribution in [-0.2, 0) is 21.7 Å². The summed E-state index contributed by atoms with van der Waals surface area (Å²) in [5, 5.41) is 8.87. The molecule has 1 fully saturated rings. The van der Waals surface area contributed by atoms with Gasteiger partial charge in [0.05, 0.1) is 23.3 Å². The summed E-state index contributed by atoms with van der Waals surface area (Å²) in [6.07, 6.45) is 10.2. The zero-order valence-electron chi connectivity index (χ0n) is 18.9. The number of aromatic nitrogens is 4. The molecular weight excluding hydrogens is 344 g/mol. The maximum Gasteiger partial charge on any atom is 0.0692 e. The molecule has 0 amide bonds. The fourth-order valence-electron chi connectivity index (χ4n) is 3.96. The van der Waals surface area contributed by atoms with E-state index in [1.165, 1.54) is 5.56 Å². The zero-order valence-corrected chi connectivity index (χ0v) is 18.9. The molecule has 0 atom stereocenters. The molecule has 0 saturated heterocycles. The highest BCUT2D eigenvalue weighted by molar-refractivity contribution is 5.27. The molecule has 4 nitrogen and oxygen atoms in total. The largest absolute Gasteiger partial charge is 0.261 e. The van der Waals surface area contributed by atoms with Crippen molar-refractivity contribution in [2.24, 2.45) is 0 Å². The van der Waals surface area contributed by atoms with E-state index in [1.807, 2.05) is 18.6 Å². The first-order valence-electron chi connectivity index (χ1n) is 10.5. The molecule has 28 heavy (non-hydrogen) atoms. The maximum absolute atomic E-state index is 5.02. The van der Waals surface area contributed by atoms with Gasteiger partial charge in [-0.2, -0.15) is 10.2 Å². The van der Waals surface area contributed by atoms with E-state index < -0.39 is 0 Å². The van der Waals surface area contributed by atoms with E-state index in [0.29, 0.717) is 0 Å². The molecule has 1 aliphatic rings. The van der Waals surface area contributed by atoms with Crippen LogP contribution in [0.2, 0.25) is 0 Å². The number of rotatable bonds is 2. The smallest absolute Gasteiger partial charge is 0.0692 e. The van der Waals surface area contributed by atoms with Crippen LogP contribution < -0.4 is 0 Å². The fraction of sp³-hybridized carbons (Fsp3) is 0.667. The lowest BCUT2D eigenvalue weighted by molar-refractivity contribution is 0.213. The van der Waals surface area contributed by atoms with Gasteiger partial charge in [-0.3, -0.25) is 9.97 Å². The highest BCUT2D eigenvalue weighted by Crippen LogP contribution is 2.47. The van der Waals surface area contributed by atoms with E-state index in [4.69, 9.17) is 4.98 Å². The van der Waals surface area contributed by atoms with Crippen molar-refractivity contribution in [1.82, 2.24) is 20.2 Å². The minimum absolute atomic E-state index is 0.0194. The van der Waals surface area contributed by atoms with Gasteiger partial charge in [0, 0.05) is 28.6 Å². The van der Waals surface area contributed by atoms with Gasteiger partial charge in [-0.05, 0) is 42.7 Å². The van der Waals surface area contributed by atoms with Crippen LogP contribution in [0.25, 0.3) is 0 Å². The summed E-state index contributed by atoms with van der Waals surface area (Å²) in [7, 11) is 0. The molecular formula is C24H36N4. The minimum atomic E-state index is 0.0194. The lowest BCUT2D eigenvalue weighted by Crippen LogP contribution is -2.38. The van der Waals surface area contributed by atoms with E-state index in [1.54, 1.807) is 0 Å². The highest BCUT2D eigenvalue weighted by atomic mass is 15.1. The number of hydrogen-bond donors (Lipinski definition) is 0. The molecule has 152 valence electrons. The SMILES string of the molecule is CC(C)(C)c1cnnc([C@]2(C)CC[C@](C)(c3cncc(C(C)(C)C)n3)CC2)c1. The summed E-state index contributed by atoms with van der Waals surface area (Å²) >= 11 is 0. The van der Waals surface area contributed by atoms with Crippen LogP contribution in [0.5, 0.6) is 0 Å². The molecule has 2 aromatic rings. The number of nitrogens with zero attached hydrogens (tertiary/aromatic N) is 4. The van der Waals surface area contributed by atoms with Crippen molar-refractivity contribution in [3.8, 4) is 0 Å². The molecule has 0 bridgehead atoms.